The molecule has 0 saturated carbocycles. The maximum absolute atomic E-state index is 13.3. The van der Waals surface area contributed by atoms with Crippen LogP contribution in [0.4, 0.5) is 8.78 Å². The fourth-order valence-electron chi connectivity index (χ4n) is 2.72. The Morgan fingerprint density at radius 3 is 2.69 bits per heavy atom. The number of aryl methyl sites for hydroxylation is 1. The number of carbonyl (C=O) groups is 1. The minimum absolute atomic E-state index is 0.102. The van der Waals surface area contributed by atoms with Crippen molar-refractivity contribution in [2.75, 3.05) is 7.05 Å². The summed E-state index contributed by atoms with van der Waals surface area (Å²) in [6.07, 6.45) is 1.35. The van der Waals surface area contributed by atoms with Gasteiger partial charge >= 0.3 is 0 Å². The lowest BCUT2D eigenvalue weighted by Crippen LogP contribution is -2.33. The quantitative estimate of drug-likeness (QED) is 0.721. The predicted molar refractivity (Wildman–Crippen MR) is 93.6 cm³/mol. The summed E-state index contributed by atoms with van der Waals surface area (Å²) in [5.41, 5.74) is 1.65. The molecular formula is C19H17F2N3O2. The summed E-state index contributed by atoms with van der Waals surface area (Å²) in [6, 6.07) is 8.77. The van der Waals surface area contributed by atoms with Gasteiger partial charge in [-0.1, -0.05) is 18.2 Å². The van der Waals surface area contributed by atoms with Crippen LogP contribution in [-0.2, 0) is 17.9 Å². The number of halogens is 2. The van der Waals surface area contributed by atoms with Gasteiger partial charge in [0, 0.05) is 13.6 Å². The van der Waals surface area contributed by atoms with Crippen LogP contribution in [-0.4, -0.2) is 27.4 Å². The second-order valence-corrected chi connectivity index (χ2v) is 6.15. The average Bonchev–Trinajstić information content (AvgIpc) is 2.61. The van der Waals surface area contributed by atoms with Crippen LogP contribution in [0.15, 0.2) is 47.5 Å². The van der Waals surface area contributed by atoms with E-state index in [9.17, 15) is 18.4 Å². The van der Waals surface area contributed by atoms with E-state index in [0.29, 0.717) is 16.5 Å². The number of aromatic nitrogens is 2. The van der Waals surface area contributed by atoms with Crippen molar-refractivity contribution in [3.8, 4) is 0 Å². The van der Waals surface area contributed by atoms with Crippen molar-refractivity contribution in [1.82, 2.24) is 14.5 Å². The number of benzene rings is 2. The van der Waals surface area contributed by atoms with E-state index in [1.165, 1.54) is 28.9 Å². The summed E-state index contributed by atoms with van der Waals surface area (Å²) in [5, 5.41) is 0.448. The van der Waals surface area contributed by atoms with Crippen LogP contribution in [0.1, 0.15) is 11.1 Å². The number of fused-ring (bicyclic) bond motifs is 1. The molecule has 134 valence electrons. The second kappa shape index (κ2) is 7.03. The number of hydrogen-bond donors (Lipinski definition) is 0. The van der Waals surface area contributed by atoms with E-state index in [1.807, 2.05) is 13.0 Å². The Morgan fingerprint density at radius 1 is 1.19 bits per heavy atom. The molecule has 0 unspecified atom stereocenters. The molecule has 1 aromatic heterocycles. The van der Waals surface area contributed by atoms with Crippen LogP contribution in [0.3, 0.4) is 0 Å². The Bertz CT molecular complexity index is 1050. The van der Waals surface area contributed by atoms with Gasteiger partial charge in [0.15, 0.2) is 11.6 Å². The smallest absolute Gasteiger partial charge is 0.261 e. The number of nitrogens with zero attached hydrogens (tertiary/aromatic N) is 3. The van der Waals surface area contributed by atoms with Gasteiger partial charge in [-0.2, -0.15) is 0 Å². The molecular weight excluding hydrogens is 340 g/mol. The lowest BCUT2D eigenvalue weighted by atomic mass is 10.1. The van der Waals surface area contributed by atoms with Crippen LogP contribution in [0, 0.1) is 18.6 Å². The molecule has 0 aliphatic rings. The zero-order chi connectivity index (χ0) is 18.8. The average molecular weight is 357 g/mol. The molecule has 0 saturated heterocycles. The normalized spacial score (nSPS) is 10.9. The largest absolute Gasteiger partial charge is 0.340 e. The van der Waals surface area contributed by atoms with Crippen LogP contribution in [0.25, 0.3) is 10.9 Å². The standard InChI is InChI=1S/C19H17F2N3O2/c1-12-4-3-5-14-18(12)22-11-24(19(14)26)10-17(25)23(2)9-13-6-7-15(20)16(21)8-13/h3-8,11H,9-10H2,1-2H3. The van der Waals surface area contributed by atoms with E-state index < -0.39 is 11.6 Å². The first-order chi connectivity index (χ1) is 12.4. The fraction of sp³-hybridized carbons (Fsp3) is 0.211. The van der Waals surface area contributed by atoms with Gasteiger partial charge in [0.2, 0.25) is 5.91 Å². The molecule has 1 heterocycles. The van der Waals surface area contributed by atoms with E-state index in [4.69, 9.17) is 0 Å². The summed E-state index contributed by atoms with van der Waals surface area (Å²) in [6.45, 7) is 1.78. The number of amides is 1. The minimum atomic E-state index is -0.964. The third-order valence-corrected chi connectivity index (χ3v) is 4.19. The molecule has 0 spiro atoms. The Labute approximate surface area is 148 Å². The third kappa shape index (κ3) is 3.46. The number of para-hydroxylation sites is 1. The van der Waals surface area contributed by atoms with Crippen molar-refractivity contribution in [2.45, 2.75) is 20.0 Å². The lowest BCUT2D eigenvalue weighted by Gasteiger charge is -2.18. The van der Waals surface area contributed by atoms with Crippen molar-refractivity contribution in [2.24, 2.45) is 0 Å². The first-order valence-electron chi connectivity index (χ1n) is 7.99. The van der Waals surface area contributed by atoms with Gasteiger partial charge < -0.3 is 4.90 Å². The summed E-state index contributed by atoms with van der Waals surface area (Å²) in [7, 11) is 1.53. The molecule has 0 aliphatic heterocycles. The van der Waals surface area contributed by atoms with Gasteiger partial charge in [-0.3, -0.25) is 14.2 Å². The van der Waals surface area contributed by atoms with Gasteiger partial charge in [-0.05, 0) is 36.2 Å². The monoisotopic (exact) mass is 357 g/mol. The molecule has 1 amide bonds. The van der Waals surface area contributed by atoms with Crippen molar-refractivity contribution in [1.29, 1.82) is 0 Å². The van der Waals surface area contributed by atoms with E-state index in [1.54, 1.807) is 12.1 Å². The summed E-state index contributed by atoms with van der Waals surface area (Å²) >= 11 is 0. The van der Waals surface area contributed by atoms with Crippen molar-refractivity contribution in [3.05, 3.63) is 75.8 Å². The molecule has 7 heteroatoms. The van der Waals surface area contributed by atoms with Crippen LogP contribution < -0.4 is 5.56 Å². The summed E-state index contributed by atoms with van der Waals surface area (Å²) < 4.78 is 27.5. The summed E-state index contributed by atoms with van der Waals surface area (Å²) in [5.74, 6) is -2.24. The number of likely N-dealkylation sites (N-methyl/N-ethyl adjacent to an activating group) is 1. The maximum atomic E-state index is 13.3. The predicted octanol–water partition coefficient (Wildman–Crippen LogP) is 2.64. The molecule has 0 N–H and O–H groups in total. The van der Waals surface area contributed by atoms with Gasteiger partial charge in [0.05, 0.1) is 17.2 Å². The maximum Gasteiger partial charge on any atom is 0.261 e. The van der Waals surface area contributed by atoms with Crippen molar-refractivity contribution in [3.63, 3.8) is 0 Å². The number of hydrogen-bond acceptors (Lipinski definition) is 3. The summed E-state index contributed by atoms with van der Waals surface area (Å²) in [4.78, 5) is 30.5. The molecule has 0 fully saturated rings. The molecule has 3 aromatic rings. The Hall–Kier alpha value is -3.09. The van der Waals surface area contributed by atoms with Crippen LogP contribution >= 0.6 is 0 Å². The second-order valence-electron chi connectivity index (χ2n) is 6.15. The van der Waals surface area contributed by atoms with Gasteiger partial charge in [-0.25, -0.2) is 13.8 Å². The first-order valence-corrected chi connectivity index (χ1v) is 7.99. The van der Waals surface area contributed by atoms with Gasteiger partial charge in [0.25, 0.3) is 5.56 Å². The first kappa shape index (κ1) is 17.7. The van der Waals surface area contributed by atoms with E-state index in [2.05, 4.69) is 4.98 Å². The molecule has 0 radical (unpaired) electrons. The Morgan fingerprint density at radius 2 is 1.96 bits per heavy atom. The number of carbonyl (C=O) groups excluding carboxylic acids is 1. The highest BCUT2D eigenvalue weighted by Gasteiger charge is 2.14. The highest BCUT2D eigenvalue weighted by atomic mass is 19.2. The van der Waals surface area contributed by atoms with Crippen LogP contribution in [0.5, 0.6) is 0 Å². The molecule has 3 rings (SSSR count). The van der Waals surface area contributed by atoms with Gasteiger partial charge in [-0.15, -0.1) is 0 Å². The van der Waals surface area contributed by atoms with E-state index >= 15 is 0 Å². The molecule has 5 nitrogen and oxygen atoms in total. The molecule has 26 heavy (non-hydrogen) atoms. The molecule has 2 aromatic carbocycles. The van der Waals surface area contributed by atoms with E-state index in [-0.39, 0.29) is 24.6 Å². The Balaban J connectivity index is 1.79. The molecule has 0 bridgehead atoms. The zero-order valence-electron chi connectivity index (χ0n) is 14.4. The SMILES string of the molecule is Cc1cccc2c(=O)n(CC(=O)N(C)Cc3ccc(F)c(F)c3)cnc12. The lowest BCUT2D eigenvalue weighted by molar-refractivity contribution is -0.131. The highest BCUT2D eigenvalue weighted by molar-refractivity contribution is 5.81. The zero-order valence-corrected chi connectivity index (χ0v) is 14.4. The molecule has 0 aliphatic carbocycles. The minimum Gasteiger partial charge on any atom is -0.340 e. The molecule has 0 atom stereocenters. The highest BCUT2D eigenvalue weighted by Crippen LogP contribution is 2.12. The van der Waals surface area contributed by atoms with Crippen molar-refractivity contribution < 1.29 is 13.6 Å². The Kier molecular flexibility index (Phi) is 4.79. The topological polar surface area (TPSA) is 55.2 Å². The van der Waals surface area contributed by atoms with E-state index in [0.717, 1.165) is 17.7 Å². The van der Waals surface area contributed by atoms with Gasteiger partial charge in [0.1, 0.15) is 6.54 Å². The number of rotatable bonds is 4. The van der Waals surface area contributed by atoms with Crippen molar-refractivity contribution >= 4 is 16.8 Å². The fourth-order valence-corrected chi connectivity index (χ4v) is 2.72. The third-order valence-electron chi connectivity index (χ3n) is 4.19. The van der Waals surface area contributed by atoms with Crippen LogP contribution in [0.2, 0.25) is 0 Å².